The van der Waals surface area contributed by atoms with E-state index in [4.69, 9.17) is 24.1 Å². The van der Waals surface area contributed by atoms with E-state index in [-0.39, 0.29) is 53.5 Å². The van der Waals surface area contributed by atoms with Gasteiger partial charge in [-0.1, -0.05) is 11.6 Å². The van der Waals surface area contributed by atoms with Crippen LogP contribution in [0.1, 0.15) is 40.0 Å². The SMILES string of the molecule is CO[C@@H]1[C@H](OC(=O)N2CC3(CN(CC(=O)O)C3)C2)CC[C@]2(CO2)[C@H]1[C@@]1(C)O[C@@H]1CC=C(C)C. The second kappa shape index (κ2) is 7.93. The second-order valence-electron chi connectivity index (χ2n) is 11.2. The predicted octanol–water partition coefficient (Wildman–Crippen LogP) is 1.90. The van der Waals surface area contributed by atoms with Crippen LogP contribution in [0, 0.1) is 11.3 Å². The molecule has 0 aromatic rings. The first-order valence-electron chi connectivity index (χ1n) is 12.0. The zero-order valence-electron chi connectivity index (χ0n) is 20.0. The zero-order chi connectivity index (χ0) is 23.6. The van der Waals surface area contributed by atoms with Crippen LogP contribution in [0.2, 0.25) is 0 Å². The average Bonchev–Trinajstić information content (AvgIpc) is 3.59. The Morgan fingerprint density at radius 3 is 2.48 bits per heavy atom. The summed E-state index contributed by atoms with van der Waals surface area (Å²) < 4.78 is 24.1. The molecule has 9 nitrogen and oxygen atoms in total. The van der Waals surface area contributed by atoms with E-state index in [0.717, 1.165) is 25.9 Å². The van der Waals surface area contributed by atoms with Crippen molar-refractivity contribution < 1.29 is 33.6 Å². The first kappa shape index (κ1) is 23.1. The molecule has 5 rings (SSSR count). The van der Waals surface area contributed by atoms with Crippen LogP contribution in [-0.2, 0) is 23.7 Å². The molecule has 4 saturated heterocycles. The van der Waals surface area contributed by atoms with Crippen molar-refractivity contribution >= 4 is 12.1 Å². The lowest BCUT2D eigenvalue weighted by Gasteiger charge is -2.59. The van der Waals surface area contributed by atoms with Crippen molar-refractivity contribution in [3.05, 3.63) is 11.6 Å². The Hall–Kier alpha value is -1.68. The standard InChI is InChI=1S/C24H36N2O7/c1-15(2)5-6-17-22(3,33-17)20-19(30-4)16(7-8-24(20)14-31-24)32-21(29)26-12-23(13-26)10-25(11-23)9-18(27)28/h5,16-17,19-20H,6-14H2,1-4H3,(H,27,28)/t16-,17-,19-,20-,22+,24+/m1/s1. The third kappa shape index (κ3) is 4.07. The summed E-state index contributed by atoms with van der Waals surface area (Å²) in [6.45, 7) is 9.76. The lowest BCUT2D eigenvalue weighted by atomic mass is 9.68. The molecule has 5 aliphatic rings. The molecule has 0 aromatic carbocycles. The molecule has 1 N–H and O–H groups in total. The first-order valence-corrected chi connectivity index (χ1v) is 12.0. The molecule has 5 fully saturated rings. The number of nitrogens with zero attached hydrogens (tertiary/aromatic N) is 2. The minimum absolute atomic E-state index is 0.0102. The molecular formula is C24H36N2O7. The van der Waals surface area contributed by atoms with Gasteiger partial charge < -0.3 is 29.0 Å². The Bertz CT molecular complexity index is 838. The fraction of sp³-hybridized carbons (Fsp3) is 0.833. The van der Waals surface area contributed by atoms with Gasteiger partial charge in [-0.25, -0.2) is 4.79 Å². The molecule has 184 valence electrons. The van der Waals surface area contributed by atoms with Crippen LogP contribution in [0.5, 0.6) is 0 Å². The minimum Gasteiger partial charge on any atom is -0.480 e. The van der Waals surface area contributed by atoms with Crippen LogP contribution in [0.25, 0.3) is 0 Å². The van der Waals surface area contributed by atoms with Gasteiger partial charge >= 0.3 is 12.1 Å². The van der Waals surface area contributed by atoms with Gasteiger partial charge in [0.25, 0.3) is 0 Å². The van der Waals surface area contributed by atoms with Gasteiger partial charge in [0.2, 0.25) is 0 Å². The number of allylic oxidation sites excluding steroid dienone is 1. The van der Waals surface area contributed by atoms with E-state index < -0.39 is 5.97 Å². The molecule has 9 heteroatoms. The molecule has 1 aliphatic carbocycles. The van der Waals surface area contributed by atoms with Gasteiger partial charge in [0, 0.05) is 38.7 Å². The summed E-state index contributed by atoms with van der Waals surface area (Å²) in [5.41, 5.74) is 0.713. The minimum atomic E-state index is -0.813. The van der Waals surface area contributed by atoms with Crippen LogP contribution in [0.15, 0.2) is 11.6 Å². The second-order valence-corrected chi connectivity index (χ2v) is 11.2. The van der Waals surface area contributed by atoms with Crippen LogP contribution in [0.4, 0.5) is 4.79 Å². The van der Waals surface area contributed by atoms with Crippen molar-refractivity contribution in [1.82, 2.24) is 9.80 Å². The zero-order valence-corrected chi connectivity index (χ0v) is 20.0. The molecule has 4 heterocycles. The Kier molecular flexibility index (Phi) is 5.55. The Balaban J connectivity index is 1.19. The highest BCUT2D eigenvalue weighted by Gasteiger charge is 2.72. The first-order chi connectivity index (χ1) is 15.6. The summed E-state index contributed by atoms with van der Waals surface area (Å²) in [6, 6.07) is 0. The van der Waals surface area contributed by atoms with E-state index in [0.29, 0.717) is 26.1 Å². The number of amides is 1. The smallest absolute Gasteiger partial charge is 0.410 e. The van der Waals surface area contributed by atoms with Crippen molar-refractivity contribution in [3.63, 3.8) is 0 Å². The number of aliphatic carboxylic acids is 1. The number of carbonyl (C=O) groups is 2. The fourth-order valence-corrected chi connectivity index (χ4v) is 6.57. The Labute approximate surface area is 195 Å². The number of likely N-dealkylation sites (tertiary alicyclic amines) is 2. The molecule has 0 unspecified atom stereocenters. The molecule has 4 aliphatic heterocycles. The molecule has 0 aromatic heterocycles. The molecule has 6 atom stereocenters. The molecule has 0 bridgehead atoms. The third-order valence-corrected chi connectivity index (χ3v) is 8.28. The van der Waals surface area contributed by atoms with Crippen molar-refractivity contribution in [1.29, 1.82) is 0 Å². The van der Waals surface area contributed by atoms with Crippen LogP contribution in [0.3, 0.4) is 0 Å². The van der Waals surface area contributed by atoms with Gasteiger partial charge in [0.1, 0.15) is 23.4 Å². The lowest BCUT2D eigenvalue weighted by Crippen LogP contribution is -2.73. The maximum absolute atomic E-state index is 12.9. The van der Waals surface area contributed by atoms with Crippen molar-refractivity contribution in [3.8, 4) is 0 Å². The Morgan fingerprint density at radius 1 is 1.21 bits per heavy atom. The van der Waals surface area contributed by atoms with Crippen LogP contribution < -0.4 is 0 Å². The quantitative estimate of drug-likeness (QED) is 0.450. The van der Waals surface area contributed by atoms with Gasteiger partial charge in [0.05, 0.1) is 25.2 Å². The van der Waals surface area contributed by atoms with Gasteiger partial charge in [-0.05, 0) is 40.0 Å². The summed E-state index contributed by atoms with van der Waals surface area (Å²) in [5.74, 6) is -0.803. The van der Waals surface area contributed by atoms with Gasteiger partial charge in [-0.15, -0.1) is 0 Å². The monoisotopic (exact) mass is 464 g/mol. The molecule has 0 radical (unpaired) electrons. The highest BCUT2D eigenvalue weighted by molar-refractivity contribution is 5.70. The number of hydrogen-bond acceptors (Lipinski definition) is 7. The molecule has 1 amide bonds. The topological polar surface area (TPSA) is 104 Å². The number of carboxylic acids is 1. The molecular weight excluding hydrogens is 428 g/mol. The fourth-order valence-electron chi connectivity index (χ4n) is 6.57. The summed E-state index contributed by atoms with van der Waals surface area (Å²) in [6.07, 6.45) is 3.80. The van der Waals surface area contributed by atoms with Gasteiger partial charge in [-0.2, -0.15) is 0 Å². The van der Waals surface area contributed by atoms with E-state index >= 15 is 0 Å². The van der Waals surface area contributed by atoms with E-state index in [1.807, 2.05) is 4.90 Å². The molecule has 2 spiro atoms. The number of carboxylic acid groups (broad SMARTS) is 1. The predicted molar refractivity (Wildman–Crippen MR) is 118 cm³/mol. The van der Waals surface area contributed by atoms with E-state index in [9.17, 15) is 9.59 Å². The highest BCUT2D eigenvalue weighted by Crippen LogP contribution is 2.59. The number of rotatable bonds is 7. The van der Waals surface area contributed by atoms with Crippen molar-refractivity contribution in [2.24, 2.45) is 11.3 Å². The van der Waals surface area contributed by atoms with Crippen LogP contribution in [-0.4, -0.2) is 103 Å². The van der Waals surface area contributed by atoms with Crippen LogP contribution >= 0.6 is 0 Å². The Morgan fingerprint density at radius 2 is 1.91 bits per heavy atom. The lowest BCUT2D eigenvalue weighted by molar-refractivity contribution is -0.152. The van der Waals surface area contributed by atoms with Gasteiger partial charge in [0.15, 0.2) is 0 Å². The van der Waals surface area contributed by atoms with E-state index in [1.54, 1.807) is 12.0 Å². The number of methoxy groups -OCH3 is 1. The van der Waals surface area contributed by atoms with Crippen molar-refractivity contribution in [2.75, 3.05) is 46.4 Å². The summed E-state index contributed by atoms with van der Waals surface area (Å²) in [4.78, 5) is 27.4. The maximum Gasteiger partial charge on any atom is 0.410 e. The van der Waals surface area contributed by atoms with Crippen molar-refractivity contribution in [2.45, 2.75) is 69.5 Å². The number of epoxide rings is 2. The van der Waals surface area contributed by atoms with E-state index in [1.165, 1.54) is 5.57 Å². The number of hydrogen-bond donors (Lipinski definition) is 1. The largest absolute Gasteiger partial charge is 0.480 e. The van der Waals surface area contributed by atoms with Gasteiger partial charge in [-0.3, -0.25) is 9.69 Å². The maximum atomic E-state index is 12.9. The summed E-state index contributed by atoms with van der Waals surface area (Å²) in [7, 11) is 1.68. The average molecular weight is 465 g/mol. The summed E-state index contributed by atoms with van der Waals surface area (Å²) >= 11 is 0. The van der Waals surface area contributed by atoms with E-state index in [2.05, 4.69) is 26.8 Å². The number of ether oxygens (including phenoxy) is 4. The molecule has 1 saturated carbocycles. The highest BCUT2D eigenvalue weighted by atomic mass is 16.6. The summed E-state index contributed by atoms with van der Waals surface area (Å²) in [5, 5.41) is 8.92. The molecule has 33 heavy (non-hydrogen) atoms. The third-order valence-electron chi connectivity index (χ3n) is 8.28. The number of carbonyl (C=O) groups excluding carboxylic acids is 1. The normalized spacial score (nSPS) is 40.7.